The lowest BCUT2D eigenvalue weighted by Crippen LogP contribution is -2.34. The summed E-state index contributed by atoms with van der Waals surface area (Å²) in [4.78, 5) is 26.8. The van der Waals surface area contributed by atoms with Crippen LogP contribution in [0.4, 0.5) is 0 Å². The molecule has 0 aromatic heterocycles. The zero-order valence-corrected chi connectivity index (χ0v) is 25.5. The van der Waals surface area contributed by atoms with Crippen LogP contribution in [0.1, 0.15) is 79.3 Å². The molecule has 0 heterocycles. The SMILES string of the molecule is CCCCC(=C=C(C(=O)OC(C)(C)C)[C@H](NS(=O)(=O)c1ccc(OC)cc1)c1ccccc1)C(=O)OC(C)(C)C. The number of rotatable bonds is 11. The van der Waals surface area contributed by atoms with Gasteiger partial charge in [-0.15, -0.1) is 0 Å². The molecule has 218 valence electrons. The molecule has 0 aliphatic heterocycles. The molecule has 0 aliphatic carbocycles. The third kappa shape index (κ3) is 10.3. The number of ether oxygens (including phenoxy) is 3. The second-order valence-electron chi connectivity index (χ2n) is 11.3. The molecule has 1 atom stereocenters. The van der Waals surface area contributed by atoms with E-state index in [1.54, 1.807) is 71.9 Å². The second kappa shape index (κ2) is 13.8. The molecule has 0 bridgehead atoms. The highest BCUT2D eigenvalue weighted by molar-refractivity contribution is 7.89. The van der Waals surface area contributed by atoms with Crippen molar-refractivity contribution < 1.29 is 32.2 Å². The molecule has 2 rings (SSSR count). The van der Waals surface area contributed by atoms with Crippen LogP contribution >= 0.6 is 0 Å². The normalized spacial score (nSPS) is 12.6. The Labute approximate surface area is 238 Å². The average Bonchev–Trinajstić information content (AvgIpc) is 2.86. The molecule has 9 heteroatoms. The van der Waals surface area contributed by atoms with Gasteiger partial charge in [-0.25, -0.2) is 18.0 Å². The van der Waals surface area contributed by atoms with Crippen LogP contribution in [0.3, 0.4) is 0 Å². The highest BCUT2D eigenvalue weighted by Gasteiger charge is 2.32. The van der Waals surface area contributed by atoms with E-state index in [0.717, 1.165) is 6.42 Å². The number of carbonyl (C=O) groups is 2. The summed E-state index contributed by atoms with van der Waals surface area (Å²) in [6, 6.07) is 13.3. The van der Waals surface area contributed by atoms with Gasteiger partial charge in [0.1, 0.15) is 22.5 Å². The highest BCUT2D eigenvalue weighted by Crippen LogP contribution is 2.28. The first-order valence-corrected chi connectivity index (χ1v) is 14.7. The van der Waals surface area contributed by atoms with Crippen LogP contribution in [0.5, 0.6) is 5.75 Å². The van der Waals surface area contributed by atoms with Gasteiger partial charge in [-0.05, 0) is 84.2 Å². The van der Waals surface area contributed by atoms with Gasteiger partial charge >= 0.3 is 11.9 Å². The molecule has 0 unspecified atom stereocenters. The minimum absolute atomic E-state index is 0.0277. The van der Waals surface area contributed by atoms with Crippen molar-refractivity contribution in [2.45, 2.75) is 89.9 Å². The van der Waals surface area contributed by atoms with Gasteiger partial charge in [0.2, 0.25) is 10.0 Å². The van der Waals surface area contributed by atoms with Crippen LogP contribution in [0, 0.1) is 0 Å². The van der Waals surface area contributed by atoms with E-state index >= 15 is 0 Å². The van der Waals surface area contributed by atoms with E-state index in [0.29, 0.717) is 17.7 Å². The van der Waals surface area contributed by atoms with Crippen molar-refractivity contribution >= 4 is 22.0 Å². The maximum Gasteiger partial charge on any atom is 0.344 e. The Morgan fingerprint density at radius 1 is 0.875 bits per heavy atom. The Bertz CT molecular complexity index is 1330. The topological polar surface area (TPSA) is 108 Å². The largest absolute Gasteiger partial charge is 0.497 e. The van der Waals surface area contributed by atoms with Gasteiger partial charge in [0.15, 0.2) is 0 Å². The fourth-order valence-corrected chi connectivity index (χ4v) is 4.76. The first-order valence-electron chi connectivity index (χ1n) is 13.2. The monoisotopic (exact) mass is 571 g/mol. The lowest BCUT2D eigenvalue weighted by atomic mass is 9.98. The number of hydrogen-bond donors (Lipinski definition) is 1. The number of hydrogen-bond acceptors (Lipinski definition) is 7. The van der Waals surface area contributed by atoms with Gasteiger partial charge < -0.3 is 14.2 Å². The smallest absolute Gasteiger partial charge is 0.344 e. The summed E-state index contributed by atoms with van der Waals surface area (Å²) in [5.41, 5.74) is 1.72. The molecule has 0 aliphatic rings. The van der Waals surface area contributed by atoms with Crippen molar-refractivity contribution in [2.75, 3.05) is 7.11 Å². The van der Waals surface area contributed by atoms with Crippen molar-refractivity contribution in [3.63, 3.8) is 0 Å². The molecule has 8 nitrogen and oxygen atoms in total. The fourth-order valence-electron chi connectivity index (χ4n) is 3.56. The maximum atomic E-state index is 13.7. The van der Waals surface area contributed by atoms with E-state index in [1.165, 1.54) is 31.4 Å². The highest BCUT2D eigenvalue weighted by atomic mass is 32.2. The van der Waals surface area contributed by atoms with Crippen LogP contribution in [0.25, 0.3) is 0 Å². The number of nitrogens with one attached hydrogen (secondary N) is 1. The van der Waals surface area contributed by atoms with Crippen LogP contribution < -0.4 is 9.46 Å². The molecule has 0 fully saturated rings. The molecule has 1 N–H and O–H groups in total. The lowest BCUT2D eigenvalue weighted by molar-refractivity contribution is -0.150. The minimum Gasteiger partial charge on any atom is -0.497 e. The van der Waals surface area contributed by atoms with Crippen LogP contribution in [-0.2, 0) is 29.1 Å². The molecule has 2 aromatic rings. The van der Waals surface area contributed by atoms with Gasteiger partial charge in [0.05, 0.1) is 23.6 Å². The van der Waals surface area contributed by atoms with Crippen LogP contribution in [0.2, 0.25) is 0 Å². The van der Waals surface area contributed by atoms with Crippen molar-refractivity contribution in [1.82, 2.24) is 4.72 Å². The summed E-state index contributed by atoms with van der Waals surface area (Å²) in [6.45, 7) is 12.3. The van der Waals surface area contributed by atoms with E-state index < -0.39 is 39.2 Å². The fraction of sp³-hybridized carbons (Fsp3) is 0.452. The maximum absolute atomic E-state index is 13.7. The number of methoxy groups -OCH3 is 1. The van der Waals surface area contributed by atoms with Crippen molar-refractivity contribution in [2.24, 2.45) is 0 Å². The first-order chi connectivity index (χ1) is 18.6. The Balaban J connectivity index is 2.83. The molecule has 0 saturated carbocycles. The Hall–Kier alpha value is -3.39. The summed E-state index contributed by atoms with van der Waals surface area (Å²) in [5.74, 6) is -0.947. The quantitative estimate of drug-likeness (QED) is 0.199. The third-order valence-corrected chi connectivity index (χ3v) is 6.83. The summed E-state index contributed by atoms with van der Waals surface area (Å²) in [6.07, 6.45) is 1.70. The van der Waals surface area contributed by atoms with E-state index in [2.05, 4.69) is 10.5 Å². The van der Waals surface area contributed by atoms with Crippen molar-refractivity contribution in [3.8, 4) is 5.75 Å². The lowest BCUT2D eigenvalue weighted by Gasteiger charge is -2.25. The number of carbonyl (C=O) groups excluding carboxylic acids is 2. The van der Waals surface area contributed by atoms with E-state index in [4.69, 9.17) is 14.2 Å². The molecule has 0 amide bonds. The standard InChI is InChI=1S/C31H41NO7S/c1-9-10-14-23(28(33)38-30(2,3)4)21-26(29(34)39-31(5,6)7)27(22-15-12-11-13-16-22)32-40(35,36)25-19-17-24(37-8)18-20-25/h11-13,15-20,27,32H,9-10,14H2,1-8H3/t21?,27-/m1/s1. The summed E-state index contributed by atoms with van der Waals surface area (Å²) in [5, 5.41) is 0. The molecule has 0 radical (unpaired) electrons. The van der Waals surface area contributed by atoms with E-state index in [9.17, 15) is 18.0 Å². The number of unbranched alkanes of at least 4 members (excludes halogenated alkanes) is 1. The minimum atomic E-state index is -4.16. The zero-order chi connectivity index (χ0) is 30.1. The first kappa shape index (κ1) is 32.8. The van der Waals surface area contributed by atoms with Crippen LogP contribution in [-0.4, -0.2) is 38.7 Å². The predicted molar refractivity (Wildman–Crippen MR) is 154 cm³/mol. The second-order valence-corrected chi connectivity index (χ2v) is 13.0. The Morgan fingerprint density at radius 3 is 1.93 bits per heavy atom. The van der Waals surface area contributed by atoms with Gasteiger partial charge in [-0.1, -0.05) is 49.4 Å². The van der Waals surface area contributed by atoms with Gasteiger partial charge in [0, 0.05) is 0 Å². The summed E-state index contributed by atoms with van der Waals surface area (Å²) in [7, 11) is -2.67. The average molecular weight is 572 g/mol. The molecule has 0 spiro atoms. The van der Waals surface area contributed by atoms with Crippen molar-refractivity contribution in [1.29, 1.82) is 0 Å². The predicted octanol–water partition coefficient (Wildman–Crippen LogP) is 6.04. The number of esters is 2. The Morgan fingerprint density at radius 2 is 1.43 bits per heavy atom. The summed E-state index contributed by atoms with van der Waals surface area (Å²) < 4.78 is 46.2. The molecule has 2 aromatic carbocycles. The third-order valence-electron chi connectivity index (χ3n) is 5.39. The molecular formula is C31H41NO7S. The molecule has 40 heavy (non-hydrogen) atoms. The van der Waals surface area contributed by atoms with E-state index in [1.807, 2.05) is 6.92 Å². The van der Waals surface area contributed by atoms with Crippen LogP contribution in [0.15, 0.2) is 76.4 Å². The number of benzene rings is 2. The number of sulfonamides is 1. The summed E-state index contributed by atoms with van der Waals surface area (Å²) >= 11 is 0. The Kier molecular flexibility index (Phi) is 11.3. The van der Waals surface area contributed by atoms with Gasteiger partial charge in [0.25, 0.3) is 0 Å². The van der Waals surface area contributed by atoms with Gasteiger partial charge in [-0.3, -0.25) is 0 Å². The van der Waals surface area contributed by atoms with Crippen molar-refractivity contribution in [3.05, 3.63) is 77.0 Å². The molecular weight excluding hydrogens is 530 g/mol. The molecule has 0 saturated heterocycles. The van der Waals surface area contributed by atoms with Gasteiger partial charge in [-0.2, -0.15) is 4.72 Å². The zero-order valence-electron chi connectivity index (χ0n) is 24.7. The van der Waals surface area contributed by atoms with E-state index in [-0.39, 0.29) is 22.5 Å².